The second-order valence-corrected chi connectivity index (χ2v) is 5.40. The Kier molecular flexibility index (Phi) is 4.85. The predicted molar refractivity (Wildman–Crippen MR) is 76.5 cm³/mol. The number of hydrogen-bond donors (Lipinski definition) is 2. The zero-order valence-corrected chi connectivity index (χ0v) is 11.7. The van der Waals surface area contributed by atoms with Crippen LogP contribution in [0, 0.1) is 5.92 Å². The van der Waals surface area contributed by atoms with Crippen LogP contribution >= 0.6 is 0 Å². The molecule has 0 radical (unpaired) electrons. The number of piperidine rings is 1. The molecule has 1 aromatic carbocycles. The second-order valence-electron chi connectivity index (χ2n) is 5.40. The highest BCUT2D eigenvalue weighted by Crippen LogP contribution is 2.22. The van der Waals surface area contributed by atoms with Gasteiger partial charge in [0.05, 0.1) is 7.11 Å². The number of nitrogens with zero attached hydrogens (tertiary/aromatic N) is 1. The van der Waals surface area contributed by atoms with E-state index in [4.69, 9.17) is 4.74 Å². The third kappa shape index (κ3) is 3.72. The van der Waals surface area contributed by atoms with Gasteiger partial charge in [-0.1, -0.05) is 19.1 Å². The van der Waals surface area contributed by atoms with E-state index in [1.54, 1.807) is 19.2 Å². The molecule has 5 heteroatoms. The van der Waals surface area contributed by atoms with Crippen molar-refractivity contribution in [1.82, 2.24) is 4.90 Å². The molecule has 0 atom stereocenters. The van der Waals surface area contributed by atoms with Gasteiger partial charge in [-0.3, -0.25) is 4.90 Å². The van der Waals surface area contributed by atoms with E-state index >= 15 is 0 Å². The lowest BCUT2D eigenvalue weighted by molar-refractivity contribution is 0.183. The van der Waals surface area contributed by atoms with Crippen molar-refractivity contribution in [3.8, 4) is 5.75 Å². The third-order valence-corrected chi connectivity index (χ3v) is 3.87. The average Bonchev–Trinajstić information content (AvgIpc) is 2.41. The number of benzene rings is 1. The molecule has 0 unspecified atom stereocenters. The molecule has 1 aliphatic heterocycles. The van der Waals surface area contributed by atoms with Gasteiger partial charge in [0, 0.05) is 12.1 Å². The van der Waals surface area contributed by atoms with Gasteiger partial charge in [-0.15, -0.1) is 0 Å². The monoisotopic (exact) mass is 263 g/mol. The lowest BCUT2D eigenvalue weighted by Crippen LogP contribution is -2.34. The highest BCUT2D eigenvalue weighted by molar-refractivity contribution is 6.58. The molecule has 0 amide bonds. The summed E-state index contributed by atoms with van der Waals surface area (Å²) in [7, 11) is 0.220. The van der Waals surface area contributed by atoms with Crippen molar-refractivity contribution in [1.29, 1.82) is 0 Å². The van der Waals surface area contributed by atoms with Crippen LogP contribution in [-0.2, 0) is 6.54 Å². The van der Waals surface area contributed by atoms with Crippen molar-refractivity contribution >= 4 is 12.6 Å². The fraction of sp³-hybridized carbons (Fsp3) is 0.571. The molecule has 1 saturated heterocycles. The molecule has 2 rings (SSSR count). The van der Waals surface area contributed by atoms with Gasteiger partial charge in [-0.2, -0.15) is 0 Å². The Morgan fingerprint density at radius 3 is 2.58 bits per heavy atom. The van der Waals surface area contributed by atoms with Gasteiger partial charge in [-0.25, -0.2) is 0 Å². The second kappa shape index (κ2) is 6.41. The smallest absolute Gasteiger partial charge is 0.488 e. The van der Waals surface area contributed by atoms with Crippen molar-refractivity contribution in [2.24, 2.45) is 5.92 Å². The van der Waals surface area contributed by atoms with Gasteiger partial charge < -0.3 is 14.8 Å². The lowest BCUT2D eigenvalue weighted by atomic mass is 9.79. The molecule has 0 spiro atoms. The number of likely N-dealkylation sites (tertiary alicyclic amines) is 1. The quantitative estimate of drug-likeness (QED) is 0.781. The predicted octanol–water partition coefficient (Wildman–Crippen LogP) is 0.607. The molecular formula is C14H22BNO3. The normalized spacial score (nSPS) is 17.5. The molecule has 4 nitrogen and oxygen atoms in total. The molecule has 19 heavy (non-hydrogen) atoms. The highest BCUT2D eigenvalue weighted by atomic mass is 16.5. The van der Waals surface area contributed by atoms with Crippen LogP contribution in [0.5, 0.6) is 5.75 Å². The summed E-state index contributed by atoms with van der Waals surface area (Å²) < 4.78 is 5.35. The summed E-state index contributed by atoms with van der Waals surface area (Å²) in [5, 5.41) is 18.5. The first-order chi connectivity index (χ1) is 9.10. The standard InChI is InChI=1S/C14H22BNO3/c1-11-5-7-16(8-6-11)10-12-9-13(15(17)18)3-4-14(12)19-2/h3-4,9,11,17-18H,5-8,10H2,1-2H3. The van der Waals surface area contributed by atoms with E-state index in [1.165, 1.54) is 12.8 Å². The summed E-state index contributed by atoms with van der Waals surface area (Å²) in [5.41, 5.74) is 1.53. The Hall–Kier alpha value is -1.04. The van der Waals surface area contributed by atoms with E-state index in [2.05, 4.69) is 11.8 Å². The van der Waals surface area contributed by atoms with Crippen LogP contribution in [0.1, 0.15) is 25.3 Å². The van der Waals surface area contributed by atoms with E-state index in [0.717, 1.165) is 36.9 Å². The van der Waals surface area contributed by atoms with Crippen LogP contribution in [0.15, 0.2) is 18.2 Å². The van der Waals surface area contributed by atoms with E-state index in [0.29, 0.717) is 5.46 Å². The van der Waals surface area contributed by atoms with E-state index in [-0.39, 0.29) is 0 Å². The third-order valence-electron chi connectivity index (χ3n) is 3.87. The molecule has 104 valence electrons. The van der Waals surface area contributed by atoms with Crippen LogP contribution in [0.2, 0.25) is 0 Å². The molecule has 0 aliphatic carbocycles. The minimum atomic E-state index is -1.42. The Balaban J connectivity index is 2.11. The van der Waals surface area contributed by atoms with Crippen molar-refractivity contribution in [2.45, 2.75) is 26.3 Å². The van der Waals surface area contributed by atoms with Gasteiger partial charge >= 0.3 is 7.12 Å². The summed E-state index contributed by atoms with van der Waals surface area (Å²) in [6, 6.07) is 5.31. The zero-order chi connectivity index (χ0) is 13.8. The number of ether oxygens (including phenoxy) is 1. The zero-order valence-electron chi connectivity index (χ0n) is 11.7. The van der Waals surface area contributed by atoms with Gasteiger partial charge in [-0.05, 0) is 43.4 Å². The van der Waals surface area contributed by atoms with Crippen LogP contribution in [0.4, 0.5) is 0 Å². The van der Waals surface area contributed by atoms with Crippen LogP contribution in [0.25, 0.3) is 0 Å². The summed E-state index contributed by atoms with van der Waals surface area (Å²) >= 11 is 0. The maximum absolute atomic E-state index is 9.25. The first-order valence-corrected chi connectivity index (χ1v) is 6.85. The molecule has 0 aromatic heterocycles. The topological polar surface area (TPSA) is 52.9 Å². The Morgan fingerprint density at radius 2 is 2.00 bits per heavy atom. The van der Waals surface area contributed by atoms with Crippen LogP contribution in [0.3, 0.4) is 0 Å². The van der Waals surface area contributed by atoms with Gasteiger partial charge in [0.1, 0.15) is 5.75 Å². The largest absolute Gasteiger partial charge is 0.496 e. The number of methoxy groups -OCH3 is 1. The lowest BCUT2D eigenvalue weighted by Gasteiger charge is -2.30. The Labute approximate surface area is 115 Å². The molecule has 2 N–H and O–H groups in total. The van der Waals surface area contributed by atoms with Gasteiger partial charge in [0.15, 0.2) is 0 Å². The molecular weight excluding hydrogens is 241 g/mol. The fourth-order valence-electron chi connectivity index (χ4n) is 2.54. The first-order valence-electron chi connectivity index (χ1n) is 6.85. The van der Waals surface area contributed by atoms with Crippen molar-refractivity contribution in [2.75, 3.05) is 20.2 Å². The van der Waals surface area contributed by atoms with Gasteiger partial charge in [0.25, 0.3) is 0 Å². The average molecular weight is 263 g/mol. The Morgan fingerprint density at radius 1 is 1.32 bits per heavy atom. The van der Waals surface area contributed by atoms with Crippen LogP contribution < -0.4 is 10.2 Å². The molecule has 1 aromatic rings. The first kappa shape index (κ1) is 14.4. The van der Waals surface area contributed by atoms with Crippen molar-refractivity contribution in [3.63, 3.8) is 0 Å². The van der Waals surface area contributed by atoms with Gasteiger partial charge in [0.2, 0.25) is 0 Å². The molecule has 1 heterocycles. The number of rotatable bonds is 4. The van der Waals surface area contributed by atoms with E-state index in [1.807, 2.05) is 6.07 Å². The fourth-order valence-corrected chi connectivity index (χ4v) is 2.54. The summed E-state index contributed by atoms with van der Waals surface area (Å²) in [4.78, 5) is 2.39. The maximum atomic E-state index is 9.25. The SMILES string of the molecule is COc1ccc(B(O)O)cc1CN1CCC(C)CC1. The summed E-state index contributed by atoms with van der Waals surface area (Å²) in [6.07, 6.45) is 2.45. The van der Waals surface area contributed by atoms with E-state index < -0.39 is 7.12 Å². The van der Waals surface area contributed by atoms with Crippen LogP contribution in [-0.4, -0.2) is 42.3 Å². The molecule has 1 aliphatic rings. The highest BCUT2D eigenvalue weighted by Gasteiger charge is 2.19. The molecule has 1 fully saturated rings. The number of hydrogen-bond acceptors (Lipinski definition) is 4. The van der Waals surface area contributed by atoms with E-state index in [9.17, 15) is 10.0 Å². The minimum Gasteiger partial charge on any atom is -0.496 e. The maximum Gasteiger partial charge on any atom is 0.488 e. The summed E-state index contributed by atoms with van der Waals surface area (Å²) in [5.74, 6) is 1.62. The Bertz CT molecular complexity index is 417. The summed E-state index contributed by atoms with van der Waals surface area (Å²) in [6.45, 7) is 5.28. The minimum absolute atomic E-state index is 0.515. The van der Waals surface area contributed by atoms with Crippen molar-refractivity contribution < 1.29 is 14.8 Å². The molecule has 0 bridgehead atoms. The van der Waals surface area contributed by atoms with Crippen molar-refractivity contribution in [3.05, 3.63) is 23.8 Å². The molecule has 0 saturated carbocycles.